The molecule has 0 radical (unpaired) electrons. The van der Waals surface area contributed by atoms with E-state index in [1.165, 1.54) is 7.11 Å². The van der Waals surface area contributed by atoms with Crippen LogP contribution in [0.25, 0.3) is 22.2 Å². The van der Waals surface area contributed by atoms with Gasteiger partial charge in [-0.1, -0.05) is 23.7 Å². The Balaban J connectivity index is 1.99. The van der Waals surface area contributed by atoms with Crippen molar-refractivity contribution in [3.05, 3.63) is 47.0 Å². The SMILES string of the molecule is COC(=O)CCC(=O)Nc1cc(-c2nc(N)nc3ccc(Cl)cc23)ccc1CN. The summed E-state index contributed by atoms with van der Waals surface area (Å²) in [6.45, 7) is 0.228. The van der Waals surface area contributed by atoms with Crippen LogP contribution in [0.15, 0.2) is 36.4 Å². The molecule has 1 aromatic heterocycles. The molecular formula is C20H20ClN5O3. The Labute approximate surface area is 172 Å². The lowest BCUT2D eigenvalue weighted by Crippen LogP contribution is -2.16. The Morgan fingerprint density at radius 3 is 2.66 bits per heavy atom. The second-order valence-electron chi connectivity index (χ2n) is 6.29. The lowest BCUT2D eigenvalue weighted by molar-refractivity contribution is -0.141. The fourth-order valence-corrected chi connectivity index (χ4v) is 3.06. The lowest BCUT2D eigenvalue weighted by atomic mass is 10.0. The van der Waals surface area contributed by atoms with Crippen LogP contribution in [0.4, 0.5) is 11.6 Å². The van der Waals surface area contributed by atoms with Crippen molar-refractivity contribution in [3.8, 4) is 11.3 Å². The van der Waals surface area contributed by atoms with Crippen molar-refractivity contribution in [2.45, 2.75) is 19.4 Å². The predicted molar refractivity (Wildman–Crippen MR) is 112 cm³/mol. The summed E-state index contributed by atoms with van der Waals surface area (Å²) in [5.74, 6) is -0.647. The van der Waals surface area contributed by atoms with Crippen molar-refractivity contribution in [2.24, 2.45) is 5.73 Å². The zero-order chi connectivity index (χ0) is 21.0. The molecule has 150 valence electrons. The first kappa shape index (κ1) is 20.5. The van der Waals surface area contributed by atoms with Gasteiger partial charge in [0.25, 0.3) is 0 Å². The van der Waals surface area contributed by atoms with Crippen LogP contribution < -0.4 is 16.8 Å². The number of nitrogen functional groups attached to an aromatic ring is 1. The van der Waals surface area contributed by atoms with E-state index in [1.54, 1.807) is 30.3 Å². The van der Waals surface area contributed by atoms with Gasteiger partial charge < -0.3 is 21.5 Å². The topological polar surface area (TPSA) is 133 Å². The molecule has 0 atom stereocenters. The summed E-state index contributed by atoms with van der Waals surface area (Å²) in [6.07, 6.45) is -0.00846. The fourth-order valence-electron chi connectivity index (χ4n) is 2.89. The summed E-state index contributed by atoms with van der Waals surface area (Å²) in [5, 5.41) is 4.07. The van der Waals surface area contributed by atoms with Crippen molar-refractivity contribution in [1.29, 1.82) is 0 Å². The number of benzene rings is 2. The summed E-state index contributed by atoms with van der Waals surface area (Å²) in [4.78, 5) is 32.1. The molecule has 0 saturated carbocycles. The maximum absolute atomic E-state index is 12.2. The highest BCUT2D eigenvalue weighted by atomic mass is 35.5. The van der Waals surface area contributed by atoms with Gasteiger partial charge in [-0.3, -0.25) is 9.59 Å². The third-order valence-corrected chi connectivity index (χ3v) is 4.57. The molecule has 1 amide bonds. The minimum atomic E-state index is -0.451. The molecule has 3 aromatic rings. The van der Waals surface area contributed by atoms with E-state index in [0.29, 0.717) is 27.5 Å². The molecule has 0 unspecified atom stereocenters. The maximum atomic E-state index is 12.2. The van der Waals surface area contributed by atoms with E-state index in [1.807, 2.05) is 6.07 Å². The third-order valence-electron chi connectivity index (χ3n) is 4.34. The summed E-state index contributed by atoms with van der Waals surface area (Å²) < 4.78 is 4.56. The van der Waals surface area contributed by atoms with Crippen LogP contribution in [0, 0.1) is 0 Å². The molecule has 0 bridgehead atoms. The average molecular weight is 414 g/mol. The van der Waals surface area contributed by atoms with E-state index in [4.69, 9.17) is 23.1 Å². The summed E-state index contributed by atoms with van der Waals surface area (Å²) >= 11 is 6.14. The number of amides is 1. The van der Waals surface area contributed by atoms with Crippen molar-refractivity contribution >= 4 is 46.0 Å². The standard InChI is InChI=1S/C20H20ClN5O3/c1-29-18(28)7-6-17(27)24-16-8-11(2-3-12(16)10-22)19-14-9-13(21)4-5-15(14)25-20(23)26-19/h2-5,8-9H,6-7,10,22H2,1H3,(H,24,27)(H2,23,25,26). The van der Waals surface area contributed by atoms with Gasteiger partial charge in [0.05, 0.1) is 24.7 Å². The van der Waals surface area contributed by atoms with Gasteiger partial charge in [-0.25, -0.2) is 9.97 Å². The molecule has 0 fully saturated rings. The number of hydrogen-bond acceptors (Lipinski definition) is 7. The number of methoxy groups -OCH3 is 1. The molecule has 29 heavy (non-hydrogen) atoms. The van der Waals surface area contributed by atoms with Gasteiger partial charge in [-0.15, -0.1) is 0 Å². The van der Waals surface area contributed by atoms with Gasteiger partial charge in [-0.2, -0.15) is 0 Å². The summed E-state index contributed by atoms with van der Waals surface area (Å²) in [7, 11) is 1.28. The monoisotopic (exact) mass is 413 g/mol. The number of carbonyl (C=O) groups excluding carboxylic acids is 2. The van der Waals surface area contributed by atoms with E-state index < -0.39 is 5.97 Å². The average Bonchev–Trinajstić information content (AvgIpc) is 2.71. The Bertz CT molecular complexity index is 1090. The number of nitrogens with two attached hydrogens (primary N) is 2. The van der Waals surface area contributed by atoms with Gasteiger partial charge in [0.1, 0.15) is 0 Å². The van der Waals surface area contributed by atoms with E-state index in [9.17, 15) is 9.59 Å². The van der Waals surface area contributed by atoms with Crippen molar-refractivity contribution < 1.29 is 14.3 Å². The number of fused-ring (bicyclic) bond motifs is 1. The Morgan fingerprint density at radius 2 is 1.93 bits per heavy atom. The molecule has 2 aromatic carbocycles. The highest BCUT2D eigenvalue weighted by Gasteiger charge is 2.14. The molecule has 0 aliphatic heterocycles. The molecule has 1 heterocycles. The highest BCUT2D eigenvalue weighted by Crippen LogP contribution is 2.31. The predicted octanol–water partition coefficient (Wildman–Crippen LogP) is 2.88. The number of halogens is 1. The lowest BCUT2D eigenvalue weighted by Gasteiger charge is -2.13. The number of rotatable bonds is 6. The number of aromatic nitrogens is 2. The molecule has 8 nitrogen and oxygen atoms in total. The molecule has 0 spiro atoms. The molecule has 9 heteroatoms. The van der Waals surface area contributed by atoms with Crippen LogP contribution >= 0.6 is 11.6 Å². The molecule has 0 aliphatic rings. The van der Waals surface area contributed by atoms with Crippen LogP contribution in [0.3, 0.4) is 0 Å². The number of nitrogens with one attached hydrogen (secondary N) is 1. The molecule has 5 N–H and O–H groups in total. The zero-order valence-corrected chi connectivity index (χ0v) is 16.5. The van der Waals surface area contributed by atoms with Crippen molar-refractivity contribution in [2.75, 3.05) is 18.2 Å². The van der Waals surface area contributed by atoms with Crippen molar-refractivity contribution in [1.82, 2.24) is 9.97 Å². The van der Waals surface area contributed by atoms with Gasteiger partial charge >= 0.3 is 5.97 Å². The molecule has 0 saturated heterocycles. The van der Waals surface area contributed by atoms with Gasteiger partial charge in [-0.05, 0) is 29.8 Å². The molecule has 3 rings (SSSR count). The first-order chi connectivity index (χ1) is 13.9. The fraction of sp³-hybridized carbons (Fsp3) is 0.200. The first-order valence-corrected chi connectivity index (χ1v) is 9.22. The molecule has 0 aliphatic carbocycles. The molecular weight excluding hydrogens is 394 g/mol. The van der Waals surface area contributed by atoms with E-state index >= 15 is 0 Å². The maximum Gasteiger partial charge on any atom is 0.306 e. The van der Waals surface area contributed by atoms with Crippen LogP contribution in [0.5, 0.6) is 0 Å². The van der Waals surface area contributed by atoms with E-state index in [2.05, 4.69) is 20.0 Å². The van der Waals surface area contributed by atoms with Crippen LogP contribution in [-0.2, 0) is 20.9 Å². The van der Waals surface area contributed by atoms with Crippen molar-refractivity contribution in [3.63, 3.8) is 0 Å². The number of anilines is 2. The Morgan fingerprint density at radius 1 is 1.14 bits per heavy atom. The number of esters is 1. The Kier molecular flexibility index (Phi) is 6.26. The Hall–Kier alpha value is -3.23. The normalized spacial score (nSPS) is 10.7. The minimum absolute atomic E-state index is 0.0000932. The van der Waals surface area contributed by atoms with Gasteiger partial charge in [0.15, 0.2) is 0 Å². The number of hydrogen-bond donors (Lipinski definition) is 3. The summed E-state index contributed by atoms with van der Waals surface area (Å²) in [6, 6.07) is 10.7. The van der Waals surface area contributed by atoms with Gasteiger partial charge in [0.2, 0.25) is 11.9 Å². The van der Waals surface area contributed by atoms with E-state index in [0.717, 1.165) is 10.9 Å². The second-order valence-corrected chi connectivity index (χ2v) is 6.73. The largest absolute Gasteiger partial charge is 0.469 e. The van der Waals surface area contributed by atoms with Crippen LogP contribution in [0.2, 0.25) is 5.02 Å². The smallest absolute Gasteiger partial charge is 0.306 e. The quantitative estimate of drug-likeness (QED) is 0.529. The van der Waals surface area contributed by atoms with Gasteiger partial charge in [0, 0.05) is 34.6 Å². The summed E-state index contributed by atoms with van der Waals surface area (Å²) in [5.41, 5.74) is 14.9. The highest BCUT2D eigenvalue weighted by molar-refractivity contribution is 6.31. The second kappa shape index (κ2) is 8.85. The number of ether oxygens (including phenoxy) is 1. The number of carbonyl (C=O) groups is 2. The third kappa shape index (κ3) is 4.79. The number of nitrogens with zero attached hydrogens (tertiary/aromatic N) is 2. The first-order valence-electron chi connectivity index (χ1n) is 8.84. The zero-order valence-electron chi connectivity index (χ0n) is 15.7. The van der Waals surface area contributed by atoms with Crippen LogP contribution in [-0.4, -0.2) is 29.0 Å². The van der Waals surface area contributed by atoms with E-state index in [-0.39, 0.29) is 31.2 Å². The van der Waals surface area contributed by atoms with Crippen LogP contribution in [0.1, 0.15) is 18.4 Å². The minimum Gasteiger partial charge on any atom is -0.469 e.